The van der Waals surface area contributed by atoms with Crippen LogP contribution in [0, 0.1) is 12.7 Å². The van der Waals surface area contributed by atoms with Gasteiger partial charge in [-0.3, -0.25) is 4.79 Å². The van der Waals surface area contributed by atoms with Crippen LogP contribution >= 0.6 is 0 Å². The van der Waals surface area contributed by atoms with Gasteiger partial charge < -0.3 is 5.32 Å². The van der Waals surface area contributed by atoms with Crippen LogP contribution in [0.1, 0.15) is 11.1 Å². The maximum Gasteiger partial charge on any atom is 0.228 e. The second kappa shape index (κ2) is 6.35. The van der Waals surface area contributed by atoms with Gasteiger partial charge in [0.25, 0.3) is 0 Å². The van der Waals surface area contributed by atoms with Crippen LogP contribution < -0.4 is 5.32 Å². The molecule has 23 heavy (non-hydrogen) atoms. The van der Waals surface area contributed by atoms with Crippen LogP contribution in [0.5, 0.6) is 0 Å². The summed E-state index contributed by atoms with van der Waals surface area (Å²) in [6.07, 6.45) is 1.69. The van der Waals surface area contributed by atoms with Gasteiger partial charge in [0.05, 0.1) is 12.1 Å². The van der Waals surface area contributed by atoms with Crippen molar-refractivity contribution in [3.8, 4) is 5.69 Å². The number of benzene rings is 2. The number of halogens is 1. The van der Waals surface area contributed by atoms with Crippen LogP contribution in [0.3, 0.4) is 0 Å². The Morgan fingerprint density at radius 2 is 2.00 bits per heavy atom. The Morgan fingerprint density at radius 1 is 1.22 bits per heavy atom. The van der Waals surface area contributed by atoms with Crippen LogP contribution in [0.2, 0.25) is 0 Å². The fraction of sp³-hybridized carbons (Fsp3) is 0.125. The van der Waals surface area contributed by atoms with Crippen LogP contribution in [-0.4, -0.2) is 26.1 Å². The molecule has 3 aromatic rings. The molecule has 2 aromatic carbocycles. The van der Waals surface area contributed by atoms with Crippen LogP contribution in [0.4, 0.5) is 10.1 Å². The number of carbonyl (C=O) groups is 1. The molecule has 1 N–H and O–H groups in total. The molecule has 1 aromatic heterocycles. The van der Waals surface area contributed by atoms with Crippen molar-refractivity contribution in [3.05, 3.63) is 65.7 Å². The molecule has 0 aliphatic carbocycles. The number of aryl methyl sites for hydroxylation is 1. The molecule has 0 aliphatic rings. The molecule has 0 saturated heterocycles. The standard InChI is InChI=1S/C16H14FN5O/c1-11-2-5-13(17)9-15(11)19-16(23)8-12-3-6-14(7-4-12)22-10-18-20-21-22/h2-7,9-10H,8H2,1H3,(H,19,23). The third-order valence-electron chi connectivity index (χ3n) is 3.39. The summed E-state index contributed by atoms with van der Waals surface area (Å²) in [5.74, 6) is -0.578. The predicted molar refractivity (Wildman–Crippen MR) is 82.6 cm³/mol. The first-order valence-electron chi connectivity index (χ1n) is 7.00. The Morgan fingerprint density at radius 3 is 2.70 bits per heavy atom. The minimum Gasteiger partial charge on any atom is -0.325 e. The van der Waals surface area contributed by atoms with Gasteiger partial charge in [0.2, 0.25) is 5.91 Å². The highest BCUT2D eigenvalue weighted by atomic mass is 19.1. The van der Waals surface area contributed by atoms with E-state index in [0.29, 0.717) is 5.69 Å². The zero-order chi connectivity index (χ0) is 16.2. The molecule has 0 saturated carbocycles. The molecule has 116 valence electrons. The summed E-state index contributed by atoms with van der Waals surface area (Å²) >= 11 is 0. The Labute approximate surface area is 132 Å². The van der Waals surface area contributed by atoms with Crippen molar-refractivity contribution in [1.82, 2.24) is 20.2 Å². The van der Waals surface area contributed by atoms with E-state index in [0.717, 1.165) is 16.8 Å². The molecule has 0 fully saturated rings. The van der Waals surface area contributed by atoms with Gasteiger partial charge in [-0.25, -0.2) is 9.07 Å². The minimum atomic E-state index is -0.378. The number of anilines is 1. The van der Waals surface area contributed by atoms with Crippen LogP contribution in [0.15, 0.2) is 48.8 Å². The lowest BCUT2D eigenvalue weighted by atomic mass is 10.1. The highest BCUT2D eigenvalue weighted by Crippen LogP contribution is 2.16. The lowest BCUT2D eigenvalue weighted by molar-refractivity contribution is -0.115. The molecule has 0 radical (unpaired) electrons. The number of carbonyl (C=O) groups excluding carboxylic acids is 1. The van der Waals surface area contributed by atoms with Gasteiger partial charge in [-0.1, -0.05) is 18.2 Å². The molecule has 6 nitrogen and oxygen atoms in total. The summed E-state index contributed by atoms with van der Waals surface area (Å²) in [4.78, 5) is 12.1. The SMILES string of the molecule is Cc1ccc(F)cc1NC(=O)Cc1ccc(-n2cnnn2)cc1. The quantitative estimate of drug-likeness (QED) is 0.802. The third kappa shape index (κ3) is 3.57. The highest BCUT2D eigenvalue weighted by Gasteiger charge is 2.07. The Balaban J connectivity index is 1.67. The van der Waals surface area contributed by atoms with Gasteiger partial charge in [-0.15, -0.1) is 5.10 Å². The van der Waals surface area contributed by atoms with Crippen molar-refractivity contribution >= 4 is 11.6 Å². The van der Waals surface area contributed by atoms with Crippen molar-refractivity contribution in [2.75, 3.05) is 5.32 Å². The highest BCUT2D eigenvalue weighted by molar-refractivity contribution is 5.92. The predicted octanol–water partition coefficient (Wildman–Crippen LogP) is 2.29. The summed E-state index contributed by atoms with van der Waals surface area (Å²) < 4.78 is 14.8. The van der Waals surface area contributed by atoms with E-state index in [1.54, 1.807) is 6.07 Å². The fourth-order valence-electron chi connectivity index (χ4n) is 2.15. The summed E-state index contributed by atoms with van der Waals surface area (Å²) in [5.41, 5.74) is 2.95. The lowest BCUT2D eigenvalue weighted by Gasteiger charge is -2.09. The number of nitrogens with one attached hydrogen (secondary N) is 1. The number of aromatic nitrogens is 4. The normalized spacial score (nSPS) is 10.5. The molecule has 7 heteroatoms. The van der Waals surface area contributed by atoms with Crippen LogP contribution in [-0.2, 0) is 11.2 Å². The number of rotatable bonds is 4. The molecule has 0 spiro atoms. The lowest BCUT2D eigenvalue weighted by Crippen LogP contribution is -2.15. The first-order valence-corrected chi connectivity index (χ1v) is 7.00. The second-order valence-corrected chi connectivity index (χ2v) is 5.11. The van der Waals surface area contributed by atoms with E-state index in [4.69, 9.17) is 0 Å². The van der Waals surface area contributed by atoms with E-state index in [9.17, 15) is 9.18 Å². The number of hydrogen-bond donors (Lipinski definition) is 1. The van der Waals surface area contributed by atoms with Crippen molar-refractivity contribution in [2.45, 2.75) is 13.3 Å². The molecule has 3 rings (SSSR count). The first kappa shape index (κ1) is 14.8. The second-order valence-electron chi connectivity index (χ2n) is 5.11. The topological polar surface area (TPSA) is 72.7 Å². The summed E-state index contributed by atoms with van der Waals surface area (Å²) in [6.45, 7) is 1.82. The summed E-state index contributed by atoms with van der Waals surface area (Å²) in [7, 11) is 0. The van der Waals surface area contributed by atoms with Crippen molar-refractivity contribution in [2.24, 2.45) is 0 Å². The molecular formula is C16H14FN5O. The number of amides is 1. The zero-order valence-electron chi connectivity index (χ0n) is 12.4. The van der Waals surface area contributed by atoms with E-state index in [1.165, 1.54) is 23.1 Å². The fourth-order valence-corrected chi connectivity index (χ4v) is 2.15. The molecule has 1 amide bonds. The summed E-state index contributed by atoms with van der Waals surface area (Å²) in [6, 6.07) is 11.6. The van der Waals surface area contributed by atoms with E-state index in [2.05, 4.69) is 20.8 Å². The van der Waals surface area contributed by atoms with Crippen LogP contribution in [0.25, 0.3) is 5.69 Å². The van der Waals surface area contributed by atoms with Gasteiger partial charge in [0.15, 0.2) is 0 Å². The van der Waals surface area contributed by atoms with Crippen molar-refractivity contribution in [3.63, 3.8) is 0 Å². The van der Waals surface area contributed by atoms with Gasteiger partial charge in [0.1, 0.15) is 12.1 Å². The van der Waals surface area contributed by atoms with E-state index >= 15 is 0 Å². The number of nitrogens with zero attached hydrogens (tertiary/aromatic N) is 4. The largest absolute Gasteiger partial charge is 0.325 e. The monoisotopic (exact) mass is 311 g/mol. The molecule has 0 unspecified atom stereocenters. The van der Waals surface area contributed by atoms with Gasteiger partial charge in [0, 0.05) is 5.69 Å². The Hall–Kier alpha value is -3.09. The maximum atomic E-state index is 13.2. The minimum absolute atomic E-state index is 0.200. The maximum absolute atomic E-state index is 13.2. The molecule has 0 bridgehead atoms. The van der Waals surface area contributed by atoms with Gasteiger partial charge in [-0.2, -0.15) is 0 Å². The molecule has 0 aliphatic heterocycles. The zero-order valence-corrected chi connectivity index (χ0v) is 12.4. The number of tetrazole rings is 1. The molecular weight excluding hydrogens is 297 g/mol. The van der Waals surface area contributed by atoms with E-state index < -0.39 is 0 Å². The third-order valence-corrected chi connectivity index (χ3v) is 3.39. The van der Waals surface area contributed by atoms with E-state index in [-0.39, 0.29) is 18.1 Å². The van der Waals surface area contributed by atoms with Gasteiger partial charge >= 0.3 is 0 Å². The van der Waals surface area contributed by atoms with E-state index in [1.807, 2.05) is 31.2 Å². The Bertz CT molecular complexity index is 815. The molecule has 1 heterocycles. The molecule has 0 atom stereocenters. The number of hydrogen-bond acceptors (Lipinski definition) is 4. The summed E-state index contributed by atoms with van der Waals surface area (Å²) in [5, 5.41) is 13.7. The van der Waals surface area contributed by atoms with Crippen molar-refractivity contribution in [1.29, 1.82) is 0 Å². The average molecular weight is 311 g/mol. The average Bonchev–Trinajstić information content (AvgIpc) is 3.06. The van der Waals surface area contributed by atoms with Gasteiger partial charge in [-0.05, 0) is 52.7 Å². The smallest absolute Gasteiger partial charge is 0.228 e. The van der Waals surface area contributed by atoms with Crippen molar-refractivity contribution < 1.29 is 9.18 Å². The Kier molecular flexibility index (Phi) is 4.09. The first-order chi connectivity index (χ1) is 11.1.